The summed E-state index contributed by atoms with van der Waals surface area (Å²) in [7, 11) is 1.80. The number of nitrogens with one attached hydrogen (secondary N) is 2. The number of hydrogen-bond donors (Lipinski definition) is 2. The average molecular weight is 519 g/mol. The van der Waals surface area contributed by atoms with Gasteiger partial charge in [-0.1, -0.05) is 0 Å². The van der Waals surface area contributed by atoms with E-state index in [1.54, 1.807) is 11.6 Å². The molecule has 0 bridgehead atoms. The van der Waals surface area contributed by atoms with Gasteiger partial charge in [0.1, 0.15) is 36.2 Å². The minimum Gasteiger partial charge on any atom is -0.371 e. The zero-order valence-corrected chi connectivity index (χ0v) is 21.9. The van der Waals surface area contributed by atoms with E-state index in [1.165, 1.54) is 0 Å². The third-order valence-corrected chi connectivity index (χ3v) is 7.57. The zero-order chi connectivity index (χ0) is 26.6. The molecule has 2 aliphatic rings. The van der Waals surface area contributed by atoms with Crippen molar-refractivity contribution in [3.63, 3.8) is 0 Å². The topological polar surface area (TPSA) is 102 Å². The fourth-order valence-corrected chi connectivity index (χ4v) is 5.54. The number of aryl methyl sites for hydroxylation is 1. The van der Waals surface area contributed by atoms with Gasteiger partial charge in [0.25, 0.3) is 0 Å². The maximum absolute atomic E-state index is 15.2. The molecule has 6 heterocycles. The standard InChI is InChI=1S/C26H31FN10O/c1-15(2)37-16(3)30-21-7-6-19(31-24(21)37)17-8-11-36-22(17)23(28-4)33-25(34-36)32-20-9-10-35(12-18(20)27)26(29-5)13-38-14-26/h6-8,11,15,18,20H,9-10,12-14H2,1-4H3,(H2,28,32,33,34)/t18-,20+/m1/s1. The fourth-order valence-electron chi connectivity index (χ4n) is 5.54. The molecule has 0 unspecified atom stereocenters. The van der Waals surface area contributed by atoms with Crippen molar-refractivity contribution in [3.8, 4) is 11.3 Å². The van der Waals surface area contributed by atoms with Crippen molar-refractivity contribution in [2.75, 3.05) is 44.0 Å². The van der Waals surface area contributed by atoms with Crippen molar-refractivity contribution >= 4 is 28.4 Å². The minimum absolute atomic E-state index is 0.179. The van der Waals surface area contributed by atoms with Gasteiger partial charge in [-0.05, 0) is 45.4 Å². The molecule has 198 valence electrons. The highest BCUT2D eigenvalue weighted by Crippen LogP contribution is 2.33. The zero-order valence-electron chi connectivity index (χ0n) is 21.9. The van der Waals surface area contributed by atoms with Gasteiger partial charge < -0.3 is 19.9 Å². The van der Waals surface area contributed by atoms with E-state index < -0.39 is 17.9 Å². The number of pyridine rings is 1. The molecule has 0 aromatic carbocycles. The van der Waals surface area contributed by atoms with Crippen molar-refractivity contribution in [1.82, 2.24) is 34.0 Å². The molecule has 11 nitrogen and oxygen atoms in total. The Bertz CT molecular complexity index is 1550. The summed E-state index contributed by atoms with van der Waals surface area (Å²) in [5, 5.41) is 11.0. The second-order valence-electron chi connectivity index (χ2n) is 10.3. The van der Waals surface area contributed by atoms with E-state index in [9.17, 15) is 0 Å². The lowest BCUT2D eigenvalue weighted by atomic mass is 9.97. The van der Waals surface area contributed by atoms with Gasteiger partial charge in [0.2, 0.25) is 5.95 Å². The normalized spacial score (nSPS) is 21.5. The molecule has 2 atom stereocenters. The minimum atomic E-state index is -1.16. The maximum Gasteiger partial charge on any atom is 0.334 e. The van der Waals surface area contributed by atoms with Crippen LogP contribution in [-0.2, 0) is 4.74 Å². The fraction of sp³-hybridized carbons (Fsp3) is 0.500. The molecule has 4 aromatic rings. The van der Waals surface area contributed by atoms with Crippen LogP contribution in [-0.4, -0.2) is 85.3 Å². The second-order valence-corrected chi connectivity index (χ2v) is 10.3. The summed E-state index contributed by atoms with van der Waals surface area (Å²) in [6, 6.07) is 5.71. The third kappa shape index (κ3) is 3.85. The number of imidazole rings is 1. The van der Waals surface area contributed by atoms with Crippen LogP contribution < -0.4 is 10.6 Å². The lowest BCUT2D eigenvalue weighted by molar-refractivity contribution is -0.127. The van der Waals surface area contributed by atoms with E-state index in [0.717, 1.165) is 33.8 Å². The van der Waals surface area contributed by atoms with Crippen LogP contribution in [0.15, 0.2) is 24.4 Å². The first-order valence-electron chi connectivity index (χ1n) is 12.9. The first-order chi connectivity index (χ1) is 18.3. The van der Waals surface area contributed by atoms with E-state index in [0.29, 0.717) is 37.9 Å². The van der Waals surface area contributed by atoms with E-state index >= 15 is 4.39 Å². The molecule has 0 saturated carbocycles. The number of anilines is 2. The number of halogens is 1. The Morgan fingerprint density at radius 3 is 2.68 bits per heavy atom. The molecule has 0 radical (unpaired) electrons. The van der Waals surface area contributed by atoms with Crippen LogP contribution in [0.1, 0.15) is 32.1 Å². The van der Waals surface area contributed by atoms with Crippen molar-refractivity contribution in [3.05, 3.63) is 41.6 Å². The van der Waals surface area contributed by atoms with Gasteiger partial charge in [0.05, 0.1) is 11.7 Å². The monoisotopic (exact) mass is 518 g/mol. The highest BCUT2D eigenvalue weighted by molar-refractivity contribution is 5.89. The molecule has 0 aliphatic carbocycles. The van der Waals surface area contributed by atoms with Gasteiger partial charge in [-0.3, -0.25) is 4.85 Å². The number of fused-ring (bicyclic) bond motifs is 2. The predicted molar refractivity (Wildman–Crippen MR) is 143 cm³/mol. The van der Waals surface area contributed by atoms with Gasteiger partial charge in [-0.25, -0.2) is 30.3 Å². The molecule has 6 rings (SSSR count). The summed E-state index contributed by atoms with van der Waals surface area (Å²) < 4.78 is 24.3. The summed E-state index contributed by atoms with van der Waals surface area (Å²) in [4.78, 5) is 19.9. The van der Waals surface area contributed by atoms with Crippen LogP contribution in [0.25, 0.3) is 32.8 Å². The van der Waals surface area contributed by atoms with E-state index in [2.05, 4.69) is 49.0 Å². The van der Waals surface area contributed by atoms with Gasteiger partial charge in [-0.2, -0.15) is 4.98 Å². The number of alkyl halides is 1. The lowest BCUT2D eigenvalue weighted by Gasteiger charge is -2.43. The first-order valence-corrected chi connectivity index (χ1v) is 12.9. The average Bonchev–Trinajstić information content (AvgIpc) is 3.44. The smallest absolute Gasteiger partial charge is 0.334 e. The quantitative estimate of drug-likeness (QED) is 0.374. The number of aromatic nitrogens is 6. The van der Waals surface area contributed by atoms with Crippen molar-refractivity contribution in [2.45, 2.75) is 51.1 Å². The molecule has 2 saturated heterocycles. The summed E-state index contributed by atoms with van der Waals surface area (Å²) in [6.07, 6.45) is 1.24. The predicted octanol–water partition coefficient (Wildman–Crippen LogP) is 3.54. The van der Waals surface area contributed by atoms with Crippen LogP contribution >= 0.6 is 0 Å². The van der Waals surface area contributed by atoms with Crippen LogP contribution in [0.4, 0.5) is 16.2 Å². The van der Waals surface area contributed by atoms with E-state index in [4.69, 9.17) is 16.3 Å². The summed E-state index contributed by atoms with van der Waals surface area (Å²) in [5.74, 6) is 1.89. The number of rotatable bonds is 6. The Hall–Kier alpha value is -3.82. The van der Waals surface area contributed by atoms with Gasteiger partial charge >= 0.3 is 5.66 Å². The van der Waals surface area contributed by atoms with E-state index in [1.807, 2.05) is 36.2 Å². The highest BCUT2D eigenvalue weighted by Gasteiger charge is 2.53. The number of ether oxygens (including phenoxy) is 1. The van der Waals surface area contributed by atoms with Crippen molar-refractivity contribution < 1.29 is 9.13 Å². The van der Waals surface area contributed by atoms with E-state index in [-0.39, 0.29) is 12.6 Å². The summed E-state index contributed by atoms with van der Waals surface area (Å²) >= 11 is 0. The highest BCUT2D eigenvalue weighted by atomic mass is 19.1. The third-order valence-electron chi connectivity index (χ3n) is 7.57. The molecule has 4 aromatic heterocycles. The van der Waals surface area contributed by atoms with Crippen LogP contribution in [0, 0.1) is 13.5 Å². The SMILES string of the molecule is [C-]#[N+]C1(N2CC[C@H](Nc3nc(NC)c4c(-c5ccc6nc(C)n(C(C)C)c6n5)ccn4n3)[C@H](F)C2)COC1. The lowest BCUT2D eigenvalue weighted by Crippen LogP contribution is -2.64. The molecule has 2 fully saturated rings. The Morgan fingerprint density at radius 2 is 2.03 bits per heavy atom. The van der Waals surface area contributed by atoms with Gasteiger partial charge in [0.15, 0.2) is 11.5 Å². The molecular formula is C26H31FN10O. The molecule has 2 aliphatic heterocycles. The number of piperidine rings is 1. The van der Waals surface area contributed by atoms with Gasteiger partial charge in [0, 0.05) is 37.9 Å². The molecule has 2 N–H and O–H groups in total. The Kier molecular flexibility index (Phi) is 5.92. The number of hydrogen-bond acceptors (Lipinski definition) is 8. The molecule has 0 amide bonds. The number of likely N-dealkylation sites (tertiary alicyclic amines) is 1. The molecular weight excluding hydrogens is 487 g/mol. The Balaban J connectivity index is 1.29. The number of nitrogens with zero attached hydrogens (tertiary/aromatic N) is 8. The Labute approximate surface area is 219 Å². The molecule has 12 heteroatoms. The summed E-state index contributed by atoms with van der Waals surface area (Å²) in [6.45, 7) is 15.2. The van der Waals surface area contributed by atoms with Crippen LogP contribution in [0.5, 0.6) is 0 Å². The second kappa shape index (κ2) is 9.18. The Morgan fingerprint density at radius 1 is 1.21 bits per heavy atom. The first kappa shape index (κ1) is 24.5. The van der Waals surface area contributed by atoms with Crippen LogP contribution in [0.3, 0.4) is 0 Å². The van der Waals surface area contributed by atoms with Crippen molar-refractivity contribution in [2.24, 2.45) is 0 Å². The maximum atomic E-state index is 15.2. The molecule has 0 spiro atoms. The molecule has 38 heavy (non-hydrogen) atoms. The van der Waals surface area contributed by atoms with Crippen LogP contribution in [0.2, 0.25) is 0 Å². The summed E-state index contributed by atoms with van der Waals surface area (Å²) in [5.41, 5.74) is 3.46. The van der Waals surface area contributed by atoms with Crippen molar-refractivity contribution in [1.29, 1.82) is 0 Å². The van der Waals surface area contributed by atoms with Gasteiger partial charge in [-0.15, -0.1) is 5.10 Å². The largest absolute Gasteiger partial charge is 0.371 e.